The summed E-state index contributed by atoms with van der Waals surface area (Å²) in [6.07, 6.45) is 3.48. The second-order valence-corrected chi connectivity index (χ2v) is 5.11. The molecule has 4 nitrogen and oxygen atoms in total. The third-order valence-electron chi connectivity index (χ3n) is 3.64. The minimum absolute atomic E-state index is 0.0178. The summed E-state index contributed by atoms with van der Waals surface area (Å²) in [6.45, 7) is 0.198. The van der Waals surface area contributed by atoms with E-state index in [1.165, 1.54) is 6.07 Å². The maximum Gasteiger partial charge on any atom is 0.260 e. The second kappa shape index (κ2) is 7.36. The molecule has 1 aliphatic rings. The van der Waals surface area contributed by atoms with Crippen LogP contribution in [0.4, 0.5) is 8.78 Å². The Morgan fingerprint density at radius 3 is 2.71 bits per heavy atom. The molecule has 2 rings (SSSR count). The number of carbonyl (C=O) groups excluding carboxylic acids is 1. The third kappa shape index (κ3) is 4.14. The van der Waals surface area contributed by atoms with Gasteiger partial charge in [-0.05, 0) is 37.8 Å². The van der Waals surface area contributed by atoms with Gasteiger partial charge in [0, 0.05) is 25.3 Å². The quantitative estimate of drug-likeness (QED) is 0.839. The summed E-state index contributed by atoms with van der Waals surface area (Å²) in [4.78, 5) is 13.8. The molecule has 1 amide bonds. The Morgan fingerprint density at radius 2 is 2.14 bits per heavy atom. The van der Waals surface area contributed by atoms with Gasteiger partial charge < -0.3 is 14.7 Å². The Morgan fingerprint density at radius 1 is 1.38 bits per heavy atom. The van der Waals surface area contributed by atoms with E-state index >= 15 is 0 Å². The second-order valence-electron chi connectivity index (χ2n) is 5.11. The van der Waals surface area contributed by atoms with Crippen molar-refractivity contribution in [1.29, 1.82) is 0 Å². The van der Waals surface area contributed by atoms with Gasteiger partial charge in [0.1, 0.15) is 5.82 Å². The average molecular weight is 299 g/mol. The van der Waals surface area contributed by atoms with E-state index < -0.39 is 11.6 Å². The lowest BCUT2D eigenvalue weighted by Gasteiger charge is -2.37. The molecule has 1 saturated carbocycles. The number of hydrogen-bond acceptors (Lipinski definition) is 3. The number of aliphatic hydroxyl groups excluding tert-OH is 1. The summed E-state index contributed by atoms with van der Waals surface area (Å²) in [5.41, 5.74) is 0. The molecule has 1 N–H and O–H groups in total. The standard InChI is InChI=1S/C15H19F2NO3/c16-11-5-6-14(13(17)9-11)21-10-15(20)18(7-2-8-19)12-3-1-4-12/h5-6,9,12,19H,1-4,7-8,10H2. The van der Waals surface area contributed by atoms with Crippen LogP contribution in [0.15, 0.2) is 18.2 Å². The molecule has 116 valence electrons. The minimum atomic E-state index is -0.826. The van der Waals surface area contributed by atoms with Gasteiger partial charge in [0.2, 0.25) is 0 Å². The van der Waals surface area contributed by atoms with Gasteiger partial charge in [0.05, 0.1) is 0 Å². The monoisotopic (exact) mass is 299 g/mol. The van der Waals surface area contributed by atoms with E-state index in [1.54, 1.807) is 4.90 Å². The van der Waals surface area contributed by atoms with Crippen molar-refractivity contribution in [2.75, 3.05) is 19.8 Å². The number of aliphatic hydroxyl groups is 1. The molecule has 0 atom stereocenters. The molecule has 0 radical (unpaired) electrons. The largest absolute Gasteiger partial charge is 0.481 e. The number of rotatable bonds is 7. The Labute approximate surface area is 122 Å². The molecule has 6 heteroatoms. The summed E-state index contributed by atoms with van der Waals surface area (Å²) in [7, 11) is 0. The van der Waals surface area contributed by atoms with E-state index in [2.05, 4.69) is 0 Å². The van der Waals surface area contributed by atoms with Crippen LogP contribution in [0.2, 0.25) is 0 Å². The molecule has 0 spiro atoms. The molecule has 0 aliphatic heterocycles. The zero-order valence-electron chi connectivity index (χ0n) is 11.7. The Balaban J connectivity index is 1.91. The highest BCUT2D eigenvalue weighted by molar-refractivity contribution is 5.78. The molecular formula is C15H19F2NO3. The van der Waals surface area contributed by atoms with Crippen LogP contribution in [0, 0.1) is 11.6 Å². The third-order valence-corrected chi connectivity index (χ3v) is 3.64. The summed E-state index contributed by atoms with van der Waals surface area (Å²) < 4.78 is 31.3. The highest BCUT2D eigenvalue weighted by Gasteiger charge is 2.28. The number of carbonyl (C=O) groups is 1. The van der Waals surface area contributed by atoms with Crippen LogP contribution in [-0.2, 0) is 4.79 Å². The first-order valence-corrected chi connectivity index (χ1v) is 7.10. The van der Waals surface area contributed by atoms with Crippen LogP contribution >= 0.6 is 0 Å². The zero-order valence-corrected chi connectivity index (χ0v) is 11.7. The van der Waals surface area contributed by atoms with Crippen molar-refractivity contribution >= 4 is 5.91 Å². The van der Waals surface area contributed by atoms with Crippen molar-refractivity contribution in [3.05, 3.63) is 29.8 Å². The van der Waals surface area contributed by atoms with Gasteiger partial charge in [-0.25, -0.2) is 8.78 Å². The lowest BCUT2D eigenvalue weighted by Crippen LogP contribution is -2.46. The van der Waals surface area contributed by atoms with E-state index in [9.17, 15) is 13.6 Å². The first-order chi connectivity index (χ1) is 10.1. The Hall–Kier alpha value is -1.69. The molecule has 1 aromatic carbocycles. The van der Waals surface area contributed by atoms with Crippen molar-refractivity contribution in [3.63, 3.8) is 0 Å². The van der Waals surface area contributed by atoms with Crippen LogP contribution in [0.3, 0.4) is 0 Å². The molecule has 0 saturated heterocycles. The SMILES string of the molecule is O=C(COc1ccc(F)cc1F)N(CCCO)C1CCC1. The average Bonchev–Trinajstić information content (AvgIpc) is 2.40. The number of nitrogens with zero attached hydrogens (tertiary/aromatic N) is 1. The molecule has 0 unspecified atom stereocenters. The first kappa shape index (κ1) is 15.7. The summed E-state index contributed by atoms with van der Waals surface area (Å²) in [6, 6.07) is 3.15. The van der Waals surface area contributed by atoms with Gasteiger partial charge >= 0.3 is 0 Å². The van der Waals surface area contributed by atoms with Crippen molar-refractivity contribution in [3.8, 4) is 5.75 Å². The highest BCUT2D eigenvalue weighted by Crippen LogP contribution is 2.25. The fourth-order valence-electron chi connectivity index (χ4n) is 2.27. The van der Waals surface area contributed by atoms with Crippen molar-refractivity contribution in [1.82, 2.24) is 4.90 Å². The van der Waals surface area contributed by atoms with Gasteiger partial charge in [0.15, 0.2) is 18.2 Å². The molecule has 0 heterocycles. The van der Waals surface area contributed by atoms with Crippen LogP contribution in [0.1, 0.15) is 25.7 Å². The van der Waals surface area contributed by atoms with Crippen molar-refractivity contribution < 1.29 is 23.4 Å². The predicted molar refractivity (Wildman–Crippen MR) is 72.9 cm³/mol. The van der Waals surface area contributed by atoms with E-state index in [1.807, 2.05) is 0 Å². The van der Waals surface area contributed by atoms with Gasteiger partial charge in [0.25, 0.3) is 5.91 Å². The highest BCUT2D eigenvalue weighted by atomic mass is 19.1. The topological polar surface area (TPSA) is 49.8 Å². The van der Waals surface area contributed by atoms with E-state index in [4.69, 9.17) is 9.84 Å². The van der Waals surface area contributed by atoms with Crippen molar-refractivity contribution in [2.24, 2.45) is 0 Å². The van der Waals surface area contributed by atoms with Gasteiger partial charge in [-0.1, -0.05) is 0 Å². The summed E-state index contributed by atoms with van der Waals surface area (Å²) in [5, 5.41) is 8.89. The maximum absolute atomic E-state index is 13.4. The predicted octanol–water partition coefficient (Wildman–Crippen LogP) is 2.11. The number of benzene rings is 1. The molecule has 21 heavy (non-hydrogen) atoms. The lowest BCUT2D eigenvalue weighted by atomic mass is 9.91. The lowest BCUT2D eigenvalue weighted by molar-refractivity contribution is -0.137. The zero-order chi connectivity index (χ0) is 15.2. The maximum atomic E-state index is 13.4. The van der Waals surface area contributed by atoms with E-state index in [0.717, 1.165) is 31.4 Å². The molecular weight excluding hydrogens is 280 g/mol. The summed E-state index contributed by atoms with van der Waals surface area (Å²) in [5.74, 6) is -1.89. The molecule has 1 fully saturated rings. The fourth-order valence-corrected chi connectivity index (χ4v) is 2.27. The fraction of sp³-hybridized carbons (Fsp3) is 0.533. The Kier molecular flexibility index (Phi) is 5.50. The minimum Gasteiger partial charge on any atom is -0.481 e. The normalized spacial score (nSPS) is 14.6. The van der Waals surface area contributed by atoms with Crippen molar-refractivity contribution in [2.45, 2.75) is 31.7 Å². The molecule has 1 aliphatic carbocycles. The van der Waals surface area contributed by atoms with E-state index in [-0.39, 0.29) is 30.9 Å². The smallest absolute Gasteiger partial charge is 0.260 e. The van der Waals surface area contributed by atoms with Crippen LogP contribution in [0.25, 0.3) is 0 Å². The first-order valence-electron chi connectivity index (χ1n) is 7.10. The Bertz CT molecular complexity index is 492. The van der Waals surface area contributed by atoms with Crippen LogP contribution < -0.4 is 4.74 Å². The number of amides is 1. The van der Waals surface area contributed by atoms with Gasteiger partial charge in [-0.2, -0.15) is 0 Å². The van der Waals surface area contributed by atoms with Crippen LogP contribution in [-0.4, -0.2) is 41.7 Å². The molecule has 0 bridgehead atoms. The van der Waals surface area contributed by atoms with E-state index in [0.29, 0.717) is 13.0 Å². The van der Waals surface area contributed by atoms with Gasteiger partial charge in [-0.3, -0.25) is 4.79 Å². The summed E-state index contributed by atoms with van der Waals surface area (Å²) >= 11 is 0. The number of hydrogen-bond donors (Lipinski definition) is 1. The van der Waals surface area contributed by atoms with Gasteiger partial charge in [-0.15, -0.1) is 0 Å². The molecule has 0 aromatic heterocycles. The van der Waals surface area contributed by atoms with Crippen LogP contribution in [0.5, 0.6) is 5.75 Å². The molecule has 1 aromatic rings. The number of halogens is 2. The number of ether oxygens (including phenoxy) is 1.